The third kappa shape index (κ3) is 5.76. The molecule has 1 aromatic heterocycles. The number of alkyl halides is 3. The second kappa shape index (κ2) is 7.83. The standard InChI is InChI=1S/C13H18F3N3O3/c1-2-9(5-7-20)17-12(22)18-10-4-3-6-19(11(10)21)8-13(14,15)16/h3-4,6,9,20H,2,5,7-8H2,1H3,(H2,17,18,22). The number of hydrogen-bond donors (Lipinski definition) is 3. The van der Waals surface area contributed by atoms with Gasteiger partial charge in [-0.1, -0.05) is 6.92 Å². The lowest BCUT2D eigenvalue weighted by Crippen LogP contribution is -2.40. The molecule has 0 aromatic carbocycles. The number of aliphatic hydroxyl groups is 1. The summed E-state index contributed by atoms with van der Waals surface area (Å²) >= 11 is 0. The molecule has 0 aliphatic heterocycles. The Hall–Kier alpha value is -2.03. The Morgan fingerprint density at radius 1 is 1.45 bits per heavy atom. The van der Waals surface area contributed by atoms with E-state index in [1.807, 2.05) is 0 Å². The molecular weight excluding hydrogens is 303 g/mol. The second-order valence-corrected chi connectivity index (χ2v) is 4.69. The average Bonchev–Trinajstić information content (AvgIpc) is 2.41. The Morgan fingerprint density at radius 2 is 2.14 bits per heavy atom. The molecule has 3 N–H and O–H groups in total. The van der Waals surface area contributed by atoms with E-state index in [2.05, 4.69) is 10.6 Å². The molecule has 1 atom stereocenters. The van der Waals surface area contributed by atoms with Crippen LogP contribution in [0.25, 0.3) is 0 Å². The molecule has 0 aliphatic carbocycles. The van der Waals surface area contributed by atoms with Gasteiger partial charge in [0.25, 0.3) is 5.56 Å². The molecule has 0 radical (unpaired) electrons. The molecule has 9 heteroatoms. The van der Waals surface area contributed by atoms with Crippen LogP contribution in [-0.4, -0.2) is 34.5 Å². The number of carbonyl (C=O) groups excluding carboxylic acids is 1. The van der Waals surface area contributed by atoms with Gasteiger partial charge < -0.3 is 20.3 Å². The number of nitrogens with one attached hydrogen (secondary N) is 2. The highest BCUT2D eigenvalue weighted by Gasteiger charge is 2.28. The van der Waals surface area contributed by atoms with Crippen molar-refractivity contribution < 1.29 is 23.1 Å². The lowest BCUT2D eigenvalue weighted by atomic mass is 10.2. The van der Waals surface area contributed by atoms with Crippen molar-refractivity contribution in [1.29, 1.82) is 0 Å². The van der Waals surface area contributed by atoms with Crippen LogP contribution in [0.15, 0.2) is 23.1 Å². The Balaban J connectivity index is 2.79. The number of halogens is 3. The van der Waals surface area contributed by atoms with E-state index >= 15 is 0 Å². The minimum absolute atomic E-state index is 0.109. The van der Waals surface area contributed by atoms with Gasteiger partial charge in [-0.2, -0.15) is 13.2 Å². The van der Waals surface area contributed by atoms with E-state index in [4.69, 9.17) is 5.11 Å². The zero-order chi connectivity index (χ0) is 16.8. The van der Waals surface area contributed by atoms with Crippen LogP contribution in [0.1, 0.15) is 19.8 Å². The molecule has 2 amide bonds. The summed E-state index contributed by atoms with van der Waals surface area (Å²) in [6, 6.07) is 1.48. The molecule has 1 unspecified atom stereocenters. The molecule has 0 saturated heterocycles. The number of amides is 2. The van der Waals surface area contributed by atoms with Crippen LogP contribution in [0, 0.1) is 0 Å². The van der Waals surface area contributed by atoms with Crippen LogP contribution in [-0.2, 0) is 6.54 Å². The van der Waals surface area contributed by atoms with Crippen LogP contribution >= 0.6 is 0 Å². The summed E-state index contributed by atoms with van der Waals surface area (Å²) in [4.78, 5) is 23.6. The number of carbonyl (C=O) groups is 1. The van der Waals surface area contributed by atoms with Gasteiger partial charge in [0, 0.05) is 18.8 Å². The maximum atomic E-state index is 12.3. The summed E-state index contributed by atoms with van der Waals surface area (Å²) in [5.41, 5.74) is -1.19. The first-order chi connectivity index (χ1) is 10.3. The first-order valence-electron chi connectivity index (χ1n) is 6.71. The van der Waals surface area contributed by atoms with Gasteiger partial charge in [-0.25, -0.2) is 4.79 Å². The number of pyridine rings is 1. The summed E-state index contributed by atoms with van der Waals surface area (Å²) < 4.78 is 37.5. The Labute approximate surface area is 124 Å². The van der Waals surface area contributed by atoms with Crippen molar-refractivity contribution in [1.82, 2.24) is 9.88 Å². The highest BCUT2D eigenvalue weighted by atomic mass is 19.4. The Morgan fingerprint density at radius 3 is 2.68 bits per heavy atom. The van der Waals surface area contributed by atoms with Gasteiger partial charge in [0.15, 0.2) is 0 Å². The maximum absolute atomic E-state index is 12.3. The minimum atomic E-state index is -4.53. The normalized spacial score (nSPS) is 12.8. The van der Waals surface area contributed by atoms with Crippen LogP contribution in [0.4, 0.5) is 23.7 Å². The van der Waals surface area contributed by atoms with E-state index < -0.39 is 24.3 Å². The van der Waals surface area contributed by atoms with Crippen LogP contribution < -0.4 is 16.2 Å². The number of urea groups is 1. The third-order valence-electron chi connectivity index (χ3n) is 2.92. The molecule has 0 fully saturated rings. The summed E-state index contributed by atoms with van der Waals surface area (Å²) in [7, 11) is 0. The molecular formula is C13H18F3N3O3. The highest BCUT2D eigenvalue weighted by Crippen LogP contribution is 2.16. The number of nitrogens with zero attached hydrogens (tertiary/aromatic N) is 1. The van der Waals surface area contributed by atoms with Crippen molar-refractivity contribution in [3.63, 3.8) is 0 Å². The van der Waals surface area contributed by atoms with Crippen LogP contribution in [0.5, 0.6) is 0 Å². The fourth-order valence-corrected chi connectivity index (χ4v) is 1.83. The quantitative estimate of drug-likeness (QED) is 0.745. The molecule has 1 aromatic rings. The highest BCUT2D eigenvalue weighted by molar-refractivity contribution is 5.89. The molecule has 0 aliphatic rings. The monoisotopic (exact) mass is 321 g/mol. The molecule has 0 spiro atoms. The van der Waals surface area contributed by atoms with E-state index in [-0.39, 0.29) is 18.3 Å². The largest absolute Gasteiger partial charge is 0.406 e. The smallest absolute Gasteiger partial charge is 0.396 e. The van der Waals surface area contributed by atoms with E-state index in [0.29, 0.717) is 17.4 Å². The Kier molecular flexibility index (Phi) is 6.41. The molecule has 6 nitrogen and oxygen atoms in total. The van der Waals surface area contributed by atoms with Crippen molar-refractivity contribution in [3.8, 4) is 0 Å². The van der Waals surface area contributed by atoms with Gasteiger partial charge in [0.05, 0.1) is 0 Å². The van der Waals surface area contributed by atoms with Crippen LogP contribution in [0.2, 0.25) is 0 Å². The van der Waals surface area contributed by atoms with Gasteiger partial charge in [-0.15, -0.1) is 0 Å². The van der Waals surface area contributed by atoms with E-state index in [9.17, 15) is 22.8 Å². The van der Waals surface area contributed by atoms with Crippen molar-refractivity contribution in [2.45, 2.75) is 38.5 Å². The topological polar surface area (TPSA) is 83.4 Å². The average molecular weight is 321 g/mol. The summed E-state index contributed by atoms with van der Waals surface area (Å²) in [5, 5.41) is 13.6. The van der Waals surface area contributed by atoms with E-state index in [1.165, 1.54) is 12.1 Å². The molecule has 0 bridgehead atoms. The van der Waals surface area contributed by atoms with Crippen molar-refractivity contribution in [2.75, 3.05) is 11.9 Å². The van der Waals surface area contributed by atoms with E-state index in [0.717, 1.165) is 6.20 Å². The zero-order valence-electron chi connectivity index (χ0n) is 12.0. The predicted molar refractivity (Wildman–Crippen MR) is 74.7 cm³/mol. The second-order valence-electron chi connectivity index (χ2n) is 4.69. The number of hydrogen-bond acceptors (Lipinski definition) is 3. The lowest BCUT2D eigenvalue weighted by molar-refractivity contribution is -0.141. The van der Waals surface area contributed by atoms with Crippen molar-refractivity contribution in [3.05, 3.63) is 28.7 Å². The van der Waals surface area contributed by atoms with Gasteiger partial charge in [0.1, 0.15) is 12.2 Å². The molecule has 0 saturated carbocycles. The van der Waals surface area contributed by atoms with Gasteiger partial charge in [-0.3, -0.25) is 4.79 Å². The summed E-state index contributed by atoms with van der Waals surface area (Å²) in [6.45, 7) is 0.271. The first-order valence-corrected chi connectivity index (χ1v) is 6.71. The molecule has 1 heterocycles. The van der Waals surface area contributed by atoms with E-state index in [1.54, 1.807) is 6.92 Å². The first kappa shape index (κ1) is 18.0. The minimum Gasteiger partial charge on any atom is -0.396 e. The maximum Gasteiger partial charge on any atom is 0.406 e. The Bertz CT molecular complexity index is 557. The lowest BCUT2D eigenvalue weighted by Gasteiger charge is -2.16. The fourth-order valence-electron chi connectivity index (χ4n) is 1.83. The van der Waals surface area contributed by atoms with Crippen molar-refractivity contribution >= 4 is 11.7 Å². The third-order valence-corrected chi connectivity index (χ3v) is 2.92. The molecule has 124 valence electrons. The number of rotatable bonds is 6. The summed E-state index contributed by atoms with van der Waals surface area (Å²) in [6.07, 6.45) is -2.61. The summed E-state index contributed by atoms with van der Waals surface area (Å²) in [5.74, 6) is 0. The van der Waals surface area contributed by atoms with Gasteiger partial charge in [0.2, 0.25) is 0 Å². The van der Waals surface area contributed by atoms with Gasteiger partial charge in [-0.05, 0) is 25.0 Å². The molecule has 22 heavy (non-hydrogen) atoms. The van der Waals surface area contributed by atoms with Crippen molar-refractivity contribution in [2.24, 2.45) is 0 Å². The van der Waals surface area contributed by atoms with Gasteiger partial charge >= 0.3 is 12.2 Å². The molecule has 1 rings (SSSR count). The fraction of sp³-hybridized carbons (Fsp3) is 0.538. The zero-order valence-corrected chi connectivity index (χ0v) is 12.0. The predicted octanol–water partition coefficient (Wildman–Crippen LogP) is 1.69. The number of aliphatic hydroxyl groups excluding tert-OH is 1. The van der Waals surface area contributed by atoms with Crippen LogP contribution in [0.3, 0.4) is 0 Å². The SMILES string of the molecule is CCC(CCO)NC(=O)Nc1cccn(CC(F)(F)F)c1=O. The number of aromatic nitrogens is 1. The number of anilines is 1.